The van der Waals surface area contributed by atoms with E-state index in [1.54, 1.807) is 26.0 Å². The van der Waals surface area contributed by atoms with Gasteiger partial charge in [0, 0.05) is 5.54 Å². The lowest BCUT2D eigenvalue weighted by molar-refractivity contribution is -0.138. The fraction of sp³-hybridized carbons (Fsp3) is 0.385. The molecule has 0 spiro atoms. The second kappa shape index (κ2) is 5.93. The van der Waals surface area contributed by atoms with Crippen LogP contribution < -0.4 is 10.6 Å². The first-order valence-electron chi connectivity index (χ1n) is 5.77. The monoisotopic (exact) mass is 284 g/mol. The molecule has 0 fully saturated rings. The van der Waals surface area contributed by atoms with E-state index in [1.807, 2.05) is 13.0 Å². The quantitative estimate of drug-likeness (QED) is 0.795. The Morgan fingerprint density at radius 1 is 1.37 bits per heavy atom. The Kier molecular flexibility index (Phi) is 4.78. The number of aliphatic carboxylic acids is 1. The molecule has 0 heterocycles. The number of benzene rings is 1. The zero-order valence-corrected chi connectivity index (χ0v) is 11.8. The third-order valence-corrected chi connectivity index (χ3v) is 2.73. The Balaban J connectivity index is 2.67. The van der Waals surface area contributed by atoms with E-state index >= 15 is 0 Å². The number of carbonyl (C=O) groups excluding carboxylic acids is 1. The van der Waals surface area contributed by atoms with Crippen molar-refractivity contribution in [3.05, 3.63) is 28.8 Å². The zero-order valence-electron chi connectivity index (χ0n) is 11.1. The van der Waals surface area contributed by atoms with E-state index in [-0.39, 0.29) is 6.42 Å². The summed E-state index contributed by atoms with van der Waals surface area (Å²) in [6.07, 6.45) is -0.165. The van der Waals surface area contributed by atoms with Crippen LogP contribution in [0.1, 0.15) is 25.8 Å². The summed E-state index contributed by atoms with van der Waals surface area (Å²) < 4.78 is 0. The highest BCUT2D eigenvalue weighted by atomic mass is 35.5. The largest absolute Gasteiger partial charge is 0.481 e. The van der Waals surface area contributed by atoms with Crippen molar-refractivity contribution >= 4 is 29.3 Å². The number of carboxylic acids is 1. The molecular formula is C13H17ClN2O3. The first kappa shape index (κ1) is 15.3. The summed E-state index contributed by atoms with van der Waals surface area (Å²) in [6.45, 7) is 5.17. The Hall–Kier alpha value is -1.75. The van der Waals surface area contributed by atoms with Crippen molar-refractivity contribution in [2.24, 2.45) is 0 Å². The maximum atomic E-state index is 11.8. The van der Waals surface area contributed by atoms with E-state index in [4.69, 9.17) is 16.7 Å². The van der Waals surface area contributed by atoms with E-state index in [1.165, 1.54) is 0 Å². The highest BCUT2D eigenvalue weighted by Crippen LogP contribution is 2.22. The lowest BCUT2D eigenvalue weighted by atomic mass is 10.0. The van der Waals surface area contributed by atoms with Crippen molar-refractivity contribution in [1.29, 1.82) is 0 Å². The Morgan fingerprint density at radius 2 is 2.00 bits per heavy atom. The highest BCUT2D eigenvalue weighted by Gasteiger charge is 2.24. The molecule has 0 bridgehead atoms. The third kappa shape index (κ3) is 5.18. The second-order valence-electron chi connectivity index (χ2n) is 5.02. The minimum absolute atomic E-state index is 0.165. The Bertz CT molecular complexity index is 501. The molecule has 0 aromatic heterocycles. The van der Waals surface area contributed by atoms with Crippen molar-refractivity contribution < 1.29 is 14.7 Å². The number of amides is 2. The van der Waals surface area contributed by atoms with Crippen LogP contribution in [0, 0.1) is 6.92 Å². The molecule has 0 aliphatic carbocycles. The van der Waals surface area contributed by atoms with Crippen LogP contribution in [0.5, 0.6) is 0 Å². The number of rotatable bonds is 4. The average molecular weight is 285 g/mol. The molecule has 3 N–H and O–H groups in total. The van der Waals surface area contributed by atoms with Gasteiger partial charge in [0.1, 0.15) is 0 Å². The molecule has 6 heteroatoms. The van der Waals surface area contributed by atoms with Crippen LogP contribution >= 0.6 is 11.6 Å². The number of nitrogens with one attached hydrogen (secondary N) is 2. The fourth-order valence-electron chi connectivity index (χ4n) is 1.60. The van der Waals surface area contributed by atoms with E-state index in [9.17, 15) is 9.59 Å². The molecule has 0 radical (unpaired) electrons. The smallest absolute Gasteiger partial charge is 0.319 e. The third-order valence-electron chi connectivity index (χ3n) is 2.42. The summed E-state index contributed by atoms with van der Waals surface area (Å²) in [5.41, 5.74) is 0.630. The molecule has 0 aliphatic rings. The number of aryl methyl sites for hydroxylation is 1. The summed E-state index contributed by atoms with van der Waals surface area (Å²) in [6, 6.07) is 4.77. The standard InChI is InChI=1S/C13H17ClN2O3/c1-8-4-5-10(9(14)6-8)15-12(19)16-13(2,3)7-11(17)18/h4-6H,7H2,1-3H3,(H,17,18)(H2,15,16,19). The summed E-state index contributed by atoms with van der Waals surface area (Å²) >= 11 is 5.99. The Labute approximate surface area is 117 Å². The lowest BCUT2D eigenvalue weighted by Gasteiger charge is -2.24. The molecule has 0 atom stereocenters. The van der Waals surface area contributed by atoms with Crippen LogP contribution in [0.25, 0.3) is 0 Å². The number of hydrogen-bond acceptors (Lipinski definition) is 2. The van der Waals surface area contributed by atoms with E-state index in [0.29, 0.717) is 10.7 Å². The van der Waals surface area contributed by atoms with Gasteiger partial charge in [-0.15, -0.1) is 0 Å². The van der Waals surface area contributed by atoms with Crippen molar-refractivity contribution in [3.8, 4) is 0 Å². The number of hydrogen-bond donors (Lipinski definition) is 3. The van der Waals surface area contributed by atoms with Gasteiger partial charge >= 0.3 is 12.0 Å². The number of anilines is 1. The summed E-state index contributed by atoms with van der Waals surface area (Å²) in [5, 5.41) is 14.4. The SMILES string of the molecule is Cc1ccc(NC(=O)NC(C)(C)CC(=O)O)c(Cl)c1. The maximum absolute atomic E-state index is 11.8. The van der Waals surface area contributed by atoms with Gasteiger partial charge in [0.15, 0.2) is 0 Å². The van der Waals surface area contributed by atoms with Crippen molar-refractivity contribution in [1.82, 2.24) is 5.32 Å². The molecule has 1 aromatic rings. The molecule has 1 aromatic carbocycles. The van der Waals surface area contributed by atoms with Crippen molar-refractivity contribution in [2.75, 3.05) is 5.32 Å². The molecule has 0 unspecified atom stereocenters. The molecule has 104 valence electrons. The first-order valence-corrected chi connectivity index (χ1v) is 6.14. The predicted molar refractivity (Wildman–Crippen MR) is 74.7 cm³/mol. The topological polar surface area (TPSA) is 78.4 Å². The van der Waals surface area contributed by atoms with Crippen LogP contribution in [0.15, 0.2) is 18.2 Å². The second-order valence-corrected chi connectivity index (χ2v) is 5.42. The van der Waals surface area contributed by atoms with Gasteiger partial charge in [-0.1, -0.05) is 17.7 Å². The minimum atomic E-state index is -0.973. The summed E-state index contributed by atoms with van der Waals surface area (Å²) in [4.78, 5) is 22.4. The predicted octanol–water partition coefficient (Wildman–Crippen LogP) is 3.02. The van der Waals surface area contributed by atoms with E-state index in [2.05, 4.69) is 10.6 Å². The lowest BCUT2D eigenvalue weighted by Crippen LogP contribution is -2.46. The molecule has 1 rings (SSSR count). The van der Waals surface area contributed by atoms with Crippen LogP contribution in [-0.4, -0.2) is 22.6 Å². The number of halogens is 1. The Morgan fingerprint density at radius 3 is 2.53 bits per heavy atom. The van der Waals surface area contributed by atoms with Gasteiger partial charge in [-0.05, 0) is 38.5 Å². The van der Waals surface area contributed by atoms with Crippen LogP contribution in [0.4, 0.5) is 10.5 Å². The zero-order chi connectivity index (χ0) is 14.6. The molecule has 2 amide bonds. The van der Waals surface area contributed by atoms with E-state index < -0.39 is 17.5 Å². The summed E-state index contributed by atoms with van der Waals surface area (Å²) in [7, 11) is 0. The van der Waals surface area contributed by atoms with Crippen LogP contribution in [0.3, 0.4) is 0 Å². The van der Waals surface area contributed by atoms with Crippen molar-refractivity contribution in [2.45, 2.75) is 32.7 Å². The van der Waals surface area contributed by atoms with Gasteiger partial charge in [-0.3, -0.25) is 4.79 Å². The summed E-state index contributed by atoms with van der Waals surface area (Å²) in [5.74, 6) is -0.973. The molecular weight excluding hydrogens is 268 g/mol. The molecule has 0 aliphatic heterocycles. The molecule has 19 heavy (non-hydrogen) atoms. The van der Waals surface area contributed by atoms with Crippen LogP contribution in [0.2, 0.25) is 5.02 Å². The van der Waals surface area contributed by atoms with Gasteiger partial charge in [0.25, 0.3) is 0 Å². The highest BCUT2D eigenvalue weighted by molar-refractivity contribution is 6.33. The van der Waals surface area contributed by atoms with Crippen LogP contribution in [-0.2, 0) is 4.79 Å². The molecule has 0 saturated carbocycles. The van der Waals surface area contributed by atoms with Crippen molar-refractivity contribution in [3.63, 3.8) is 0 Å². The van der Waals surface area contributed by atoms with Gasteiger partial charge in [-0.25, -0.2) is 4.79 Å². The average Bonchev–Trinajstić information content (AvgIpc) is 2.19. The fourth-order valence-corrected chi connectivity index (χ4v) is 1.89. The minimum Gasteiger partial charge on any atom is -0.481 e. The van der Waals surface area contributed by atoms with Gasteiger partial charge in [0.2, 0.25) is 0 Å². The maximum Gasteiger partial charge on any atom is 0.319 e. The first-order chi connectivity index (χ1) is 8.69. The van der Waals surface area contributed by atoms with E-state index in [0.717, 1.165) is 5.56 Å². The molecule has 0 saturated heterocycles. The molecule has 5 nitrogen and oxygen atoms in total. The number of urea groups is 1. The van der Waals surface area contributed by atoms with Gasteiger partial charge < -0.3 is 15.7 Å². The number of carboxylic acid groups (broad SMARTS) is 1. The normalized spacial score (nSPS) is 10.9. The van der Waals surface area contributed by atoms with Gasteiger partial charge in [0.05, 0.1) is 17.1 Å². The van der Waals surface area contributed by atoms with Gasteiger partial charge in [-0.2, -0.15) is 0 Å². The number of carbonyl (C=O) groups is 2.